The van der Waals surface area contributed by atoms with Crippen LogP contribution in [-0.4, -0.2) is 50.4 Å². The molecule has 4 aromatic carbocycles. The molecular weight excluding hydrogens is 911 g/mol. The highest BCUT2D eigenvalue weighted by atomic mass is 32.2. The summed E-state index contributed by atoms with van der Waals surface area (Å²) in [6.07, 6.45) is -2.36. The molecule has 0 radical (unpaired) electrons. The third-order valence-electron chi connectivity index (χ3n) is 11.0. The van der Waals surface area contributed by atoms with Crippen LogP contribution in [0.25, 0.3) is 0 Å². The van der Waals surface area contributed by atoms with Crippen LogP contribution in [0.2, 0.25) is 0 Å². The number of benzene rings is 4. The van der Waals surface area contributed by atoms with Gasteiger partial charge in [-0.15, -0.1) is 10.2 Å². The molecule has 2 atom stereocenters. The Bertz CT molecular complexity index is 2690. The van der Waals surface area contributed by atoms with Crippen molar-refractivity contribution < 1.29 is 52.7 Å². The first-order valence-electron chi connectivity index (χ1n) is 20.9. The van der Waals surface area contributed by atoms with Crippen LogP contribution in [0.4, 0.5) is 38.0 Å². The first-order chi connectivity index (χ1) is 31.4. The molecule has 0 fully saturated rings. The predicted octanol–water partition coefficient (Wildman–Crippen LogP) is 10.3. The lowest BCUT2D eigenvalue weighted by molar-refractivity contribution is -0.138. The van der Waals surface area contributed by atoms with E-state index < -0.39 is 43.5 Å². The van der Waals surface area contributed by atoms with E-state index in [-0.39, 0.29) is 33.3 Å². The van der Waals surface area contributed by atoms with Crippen LogP contribution < -0.4 is 18.9 Å². The summed E-state index contributed by atoms with van der Waals surface area (Å²) in [6.45, 7) is 4.49. The van der Waals surface area contributed by atoms with Crippen LogP contribution in [0.15, 0.2) is 119 Å². The normalized spacial score (nSPS) is 16.1. The minimum Gasteiger partial charge on any atom is -0.493 e. The number of aryl methyl sites for hydroxylation is 2. The largest absolute Gasteiger partial charge is 0.493 e. The van der Waals surface area contributed by atoms with Gasteiger partial charge in [0.05, 0.1) is 34.1 Å². The van der Waals surface area contributed by atoms with Crippen molar-refractivity contribution in [3.05, 3.63) is 154 Å². The number of anilines is 2. The number of ether oxygens (including phenoxy) is 2. The number of nitrogens with zero attached hydrogens (tertiary/aromatic N) is 4. The lowest BCUT2D eigenvalue weighted by Crippen LogP contribution is -2.19. The third kappa shape index (κ3) is 11.0. The van der Waals surface area contributed by atoms with E-state index in [1.165, 1.54) is 73.1 Å². The van der Waals surface area contributed by atoms with Crippen molar-refractivity contribution in [2.75, 3.05) is 22.7 Å². The second-order valence-electron chi connectivity index (χ2n) is 15.5. The fraction of sp³-hybridized carbons (Fsp3) is 0.304. The van der Waals surface area contributed by atoms with Gasteiger partial charge in [-0.25, -0.2) is 16.8 Å². The van der Waals surface area contributed by atoms with Gasteiger partial charge in [-0.05, 0) is 109 Å². The van der Waals surface area contributed by atoms with E-state index in [1.54, 1.807) is 24.3 Å². The summed E-state index contributed by atoms with van der Waals surface area (Å²) in [7, 11) is -7.85. The number of hydrogen-bond donors (Lipinski definition) is 2. The third-order valence-corrected chi connectivity index (χ3v) is 13.7. The molecule has 4 heterocycles. The summed E-state index contributed by atoms with van der Waals surface area (Å²) in [4.78, 5) is -0.0116. The molecule has 348 valence electrons. The van der Waals surface area contributed by atoms with Crippen molar-refractivity contribution in [2.45, 2.75) is 86.4 Å². The fourth-order valence-electron chi connectivity index (χ4n) is 8.04. The van der Waals surface area contributed by atoms with Crippen LogP contribution in [-0.2, 0) is 45.2 Å². The number of alkyl halides is 6. The van der Waals surface area contributed by atoms with Gasteiger partial charge in [0, 0.05) is 47.5 Å². The quantitative estimate of drug-likeness (QED) is 0.113. The molecule has 12 nitrogen and oxygen atoms in total. The van der Waals surface area contributed by atoms with Crippen LogP contribution in [0.3, 0.4) is 0 Å². The highest BCUT2D eigenvalue weighted by Gasteiger charge is 2.35. The zero-order valence-electron chi connectivity index (χ0n) is 35.5. The summed E-state index contributed by atoms with van der Waals surface area (Å²) >= 11 is 0. The van der Waals surface area contributed by atoms with Crippen LogP contribution >= 0.6 is 0 Å². The molecule has 2 N–H and O–H groups in total. The van der Waals surface area contributed by atoms with Crippen molar-refractivity contribution in [1.82, 2.24) is 20.4 Å². The van der Waals surface area contributed by atoms with E-state index in [1.807, 2.05) is 13.8 Å². The van der Waals surface area contributed by atoms with Gasteiger partial charge in [-0.1, -0.05) is 51.0 Å². The highest BCUT2D eigenvalue weighted by molar-refractivity contribution is 7.93. The molecule has 0 unspecified atom stereocenters. The molecule has 0 aliphatic carbocycles. The lowest BCUT2D eigenvalue weighted by Gasteiger charge is -2.28. The zero-order valence-corrected chi connectivity index (χ0v) is 37.2. The molecule has 0 spiro atoms. The molecule has 2 aliphatic rings. The number of hydrogen-bond acceptors (Lipinski definition) is 10. The number of halogens is 6. The molecule has 0 saturated heterocycles. The molecule has 2 aromatic heterocycles. The van der Waals surface area contributed by atoms with Gasteiger partial charge in [0.2, 0.25) is 0 Å². The Hall–Kier alpha value is -6.28. The Morgan fingerprint density at radius 1 is 0.561 bits per heavy atom. The molecule has 2 aliphatic heterocycles. The Balaban J connectivity index is 0.000000196. The Kier molecular flexibility index (Phi) is 14.2. The summed E-state index contributed by atoms with van der Waals surface area (Å²) in [6, 6.07) is 22.9. The maximum atomic E-state index is 13.2. The molecule has 6 aromatic rings. The smallest absolute Gasteiger partial charge is 0.416 e. The van der Waals surface area contributed by atoms with Crippen molar-refractivity contribution >= 4 is 31.7 Å². The molecule has 0 amide bonds. The van der Waals surface area contributed by atoms with E-state index in [4.69, 9.17) is 9.47 Å². The minimum atomic E-state index is -4.41. The fourth-order valence-corrected chi connectivity index (χ4v) is 10.1. The lowest BCUT2D eigenvalue weighted by atomic mass is 9.82. The van der Waals surface area contributed by atoms with E-state index in [0.29, 0.717) is 74.4 Å². The summed E-state index contributed by atoms with van der Waals surface area (Å²) in [5.74, 6) is 0.585. The number of nitrogens with one attached hydrogen (secondary N) is 2. The molecule has 0 saturated carbocycles. The molecular formula is C46H44F6N6O6S2. The van der Waals surface area contributed by atoms with E-state index in [2.05, 4.69) is 29.8 Å². The molecule has 0 bridgehead atoms. The number of rotatable bonds is 12. The monoisotopic (exact) mass is 954 g/mol. The van der Waals surface area contributed by atoms with Gasteiger partial charge >= 0.3 is 12.4 Å². The predicted molar refractivity (Wildman–Crippen MR) is 233 cm³/mol. The molecule has 66 heavy (non-hydrogen) atoms. The average Bonchev–Trinajstić information content (AvgIpc) is 3.28. The Morgan fingerprint density at radius 3 is 1.30 bits per heavy atom. The van der Waals surface area contributed by atoms with E-state index in [0.717, 1.165) is 34.4 Å². The zero-order chi connectivity index (χ0) is 47.3. The average molecular weight is 955 g/mol. The number of sulfonamides is 2. The maximum Gasteiger partial charge on any atom is 0.416 e. The van der Waals surface area contributed by atoms with Gasteiger partial charge in [-0.2, -0.15) is 36.5 Å². The van der Waals surface area contributed by atoms with Crippen LogP contribution in [0, 0.1) is 0 Å². The second kappa shape index (κ2) is 19.7. The van der Waals surface area contributed by atoms with Gasteiger partial charge in [-0.3, -0.25) is 9.44 Å². The molecule has 8 rings (SSSR count). The van der Waals surface area contributed by atoms with Crippen molar-refractivity contribution in [3.8, 4) is 11.5 Å². The highest BCUT2D eigenvalue weighted by Crippen LogP contribution is 2.44. The van der Waals surface area contributed by atoms with Crippen LogP contribution in [0.5, 0.6) is 11.5 Å². The Morgan fingerprint density at radius 2 is 0.955 bits per heavy atom. The molecule has 20 heteroatoms. The number of aromatic nitrogens is 4. The topological polar surface area (TPSA) is 162 Å². The van der Waals surface area contributed by atoms with Crippen molar-refractivity contribution in [1.29, 1.82) is 0 Å². The van der Waals surface area contributed by atoms with E-state index >= 15 is 0 Å². The maximum absolute atomic E-state index is 13.2. The SMILES string of the molecule is CCCc1cc(C(F)(F)F)ccc1[C@@H]1CCOc2cc(S(=O)(=O)Nc3cccnn3)ccc21.CCCc1cc(C(F)(F)F)ccc1[C@H]1CCOc2cc(S(=O)(=O)Nc3cccnn3)ccc21. The standard InChI is InChI=1S/2C23H22F3N3O3S/c2*1-2-4-15-13-16(23(24,25)26)6-8-18(15)19-10-12-32-21-14-17(7-9-20(19)21)33(30,31)29-22-5-3-11-27-28-22/h2*3,5-9,11,13-14,19H,2,4,10,12H2,1H3,(H,28,29)/t2*19-/m10/s1. The van der Waals surface area contributed by atoms with Gasteiger partial charge < -0.3 is 9.47 Å². The van der Waals surface area contributed by atoms with Gasteiger partial charge in [0.25, 0.3) is 20.0 Å². The first kappa shape index (κ1) is 47.7. The minimum absolute atomic E-state index is 0.00578. The summed E-state index contributed by atoms with van der Waals surface area (Å²) in [5.41, 5.74) is 3.06. The summed E-state index contributed by atoms with van der Waals surface area (Å²) < 4.78 is 147. The van der Waals surface area contributed by atoms with Crippen molar-refractivity contribution in [3.63, 3.8) is 0 Å². The van der Waals surface area contributed by atoms with Gasteiger partial charge in [0.15, 0.2) is 11.6 Å². The second-order valence-corrected chi connectivity index (χ2v) is 18.9. The van der Waals surface area contributed by atoms with Crippen LogP contribution in [0.1, 0.15) is 95.9 Å². The summed E-state index contributed by atoms with van der Waals surface area (Å²) in [5, 5.41) is 14.8. The number of fused-ring (bicyclic) bond motifs is 2. The first-order valence-corrected chi connectivity index (χ1v) is 23.9. The van der Waals surface area contributed by atoms with Crippen molar-refractivity contribution in [2.24, 2.45) is 0 Å². The van der Waals surface area contributed by atoms with Gasteiger partial charge in [0.1, 0.15) is 11.5 Å². The van der Waals surface area contributed by atoms with E-state index in [9.17, 15) is 43.2 Å². The Labute approximate surface area is 377 Å².